The Kier molecular flexibility index (Phi) is 5.11. The molecule has 0 saturated carbocycles. The Hall–Kier alpha value is -0.910. The lowest BCUT2D eigenvalue weighted by molar-refractivity contribution is 0.520. The van der Waals surface area contributed by atoms with Crippen molar-refractivity contribution in [3.63, 3.8) is 0 Å². The van der Waals surface area contributed by atoms with Gasteiger partial charge in [-0.1, -0.05) is 19.1 Å². The highest BCUT2D eigenvalue weighted by molar-refractivity contribution is 7.89. The summed E-state index contributed by atoms with van der Waals surface area (Å²) in [6.07, 6.45) is 1.09. The molecule has 0 radical (unpaired) electrons. The van der Waals surface area contributed by atoms with Gasteiger partial charge < -0.3 is 5.32 Å². The molecule has 1 rings (SSSR count). The summed E-state index contributed by atoms with van der Waals surface area (Å²) in [4.78, 5) is 0.335. The van der Waals surface area contributed by atoms with Crippen LogP contribution >= 0.6 is 0 Å². The molecule has 0 aliphatic carbocycles. The van der Waals surface area contributed by atoms with Crippen LogP contribution < -0.4 is 5.32 Å². The molecule has 17 heavy (non-hydrogen) atoms. The Morgan fingerprint density at radius 3 is 2.24 bits per heavy atom. The van der Waals surface area contributed by atoms with Crippen LogP contribution in [0.5, 0.6) is 0 Å². The minimum absolute atomic E-state index is 0.335. The highest BCUT2D eigenvalue weighted by atomic mass is 32.2. The molecule has 0 aliphatic heterocycles. The highest BCUT2D eigenvalue weighted by Gasteiger charge is 2.16. The summed E-state index contributed by atoms with van der Waals surface area (Å²) in [7, 11) is -0.238. The summed E-state index contributed by atoms with van der Waals surface area (Å²) in [6, 6.07) is 6.99. The van der Waals surface area contributed by atoms with Crippen molar-refractivity contribution in [3.8, 4) is 0 Å². The molecule has 0 atom stereocenters. The summed E-state index contributed by atoms with van der Waals surface area (Å²) in [6.45, 7) is 3.85. The van der Waals surface area contributed by atoms with Gasteiger partial charge in [0.05, 0.1) is 4.90 Å². The fraction of sp³-hybridized carbons (Fsp3) is 0.500. The van der Waals surface area contributed by atoms with Crippen LogP contribution in [0.15, 0.2) is 29.2 Å². The second kappa shape index (κ2) is 6.14. The first kappa shape index (κ1) is 14.2. The zero-order valence-corrected chi connectivity index (χ0v) is 11.4. The average Bonchev–Trinajstić information content (AvgIpc) is 2.30. The molecule has 1 aromatic carbocycles. The van der Waals surface area contributed by atoms with E-state index in [2.05, 4.69) is 12.2 Å². The van der Waals surface area contributed by atoms with Gasteiger partial charge in [-0.2, -0.15) is 0 Å². The van der Waals surface area contributed by atoms with Crippen LogP contribution in [0.2, 0.25) is 0 Å². The molecular weight excluding hydrogens is 236 g/mol. The maximum absolute atomic E-state index is 11.8. The molecule has 0 bridgehead atoms. The normalized spacial score (nSPS) is 12.0. The first-order valence-electron chi connectivity index (χ1n) is 5.70. The number of rotatable bonds is 6. The third-order valence-corrected chi connectivity index (χ3v) is 4.29. The smallest absolute Gasteiger partial charge is 0.242 e. The van der Waals surface area contributed by atoms with E-state index in [0.29, 0.717) is 4.90 Å². The number of hydrogen-bond acceptors (Lipinski definition) is 3. The summed E-state index contributed by atoms with van der Waals surface area (Å²) >= 11 is 0. The van der Waals surface area contributed by atoms with E-state index in [1.165, 1.54) is 18.4 Å². The van der Waals surface area contributed by atoms with Gasteiger partial charge in [-0.05, 0) is 30.7 Å². The first-order valence-corrected chi connectivity index (χ1v) is 7.14. The number of nitrogens with one attached hydrogen (secondary N) is 1. The summed E-state index contributed by atoms with van der Waals surface area (Å²) < 4.78 is 24.8. The van der Waals surface area contributed by atoms with Crippen molar-refractivity contribution in [2.45, 2.75) is 24.8 Å². The number of hydrogen-bond donors (Lipinski definition) is 1. The van der Waals surface area contributed by atoms with Crippen molar-refractivity contribution in [1.82, 2.24) is 9.62 Å². The molecule has 0 amide bonds. The molecule has 1 aromatic rings. The second-order valence-electron chi connectivity index (χ2n) is 4.11. The maximum atomic E-state index is 11.8. The van der Waals surface area contributed by atoms with Gasteiger partial charge in [0, 0.05) is 20.6 Å². The lowest BCUT2D eigenvalue weighted by Crippen LogP contribution is -2.22. The fourth-order valence-corrected chi connectivity index (χ4v) is 2.30. The molecule has 96 valence electrons. The van der Waals surface area contributed by atoms with Crippen LogP contribution in [0.1, 0.15) is 18.9 Å². The quantitative estimate of drug-likeness (QED) is 0.783. The van der Waals surface area contributed by atoms with Crippen LogP contribution in [0, 0.1) is 0 Å². The zero-order valence-electron chi connectivity index (χ0n) is 10.6. The first-order chi connectivity index (χ1) is 7.98. The Bertz CT molecular complexity index is 438. The van der Waals surface area contributed by atoms with Crippen LogP contribution in [-0.4, -0.2) is 33.4 Å². The standard InChI is InChI=1S/C12H20N2O2S/c1-4-9-13-10-11-5-7-12(8-6-11)17(15,16)14(2)3/h5-8,13H,4,9-10H2,1-3H3. The van der Waals surface area contributed by atoms with Gasteiger partial charge in [0.1, 0.15) is 0 Å². The molecule has 5 heteroatoms. The third kappa shape index (κ3) is 3.80. The second-order valence-corrected chi connectivity index (χ2v) is 6.26. The number of sulfonamides is 1. The molecule has 0 fully saturated rings. The van der Waals surface area contributed by atoms with Crippen molar-refractivity contribution in [2.75, 3.05) is 20.6 Å². The van der Waals surface area contributed by atoms with Crippen molar-refractivity contribution >= 4 is 10.0 Å². The van der Waals surface area contributed by atoms with Crippen LogP contribution in [0.25, 0.3) is 0 Å². The largest absolute Gasteiger partial charge is 0.313 e. The van der Waals surface area contributed by atoms with E-state index in [9.17, 15) is 8.42 Å². The zero-order chi connectivity index (χ0) is 12.9. The van der Waals surface area contributed by atoms with E-state index in [1.807, 2.05) is 12.1 Å². The van der Waals surface area contributed by atoms with Crippen molar-refractivity contribution in [2.24, 2.45) is 0 Å². The predicted octanol–water partition coefficient (Wildman–Crippen LogP) is 1.44. The van der Waals surface area contributed by atoms with Crippen molar-refractivity contribution < 1.29 is 8.42 Å². The topological polar surface area (TPSA) is 49.4 Å². The molecule has 0 heterocycles. The van der Waals surface area contributed by atoms with Crippen molar-refractivity contribution in [1.29, 1.82) is 0 Å². The molecule has 0 aliphatic rings. The van der Waals surface area contributed by atoms with E-state index >= 15 is 0 Å². The van der Waals surface area contributed by atoms with E-state index < -0.39 is 10.0 Å². The van der Waals surface area contributed by atoms with Crippen molar-refractivity contribution in [3.05, 3.63) is 29.8 Å². The minimum atomic E-state index is -3.31. The minimum Gasteiger partial charge on any atom is -0.313 e. The van der Waals surface area contributed by atoms with Crippen LogP contribution in [-0.2, 0) is 16.6 Å². The summed E-state index contributed by atoms with van der Waals surface area (Å²) in [5.74, 6) is 0. The van der Waals surface area contributed by atoms with Gasteiger partial charge in [-0.15, -0.1) is 0 Å². The Morgan fingerprint density at radius 2 is 1.76 bits per heavy atom. The average molecular weight is 256 g/mol. The number of nitrogens with zero attached hydrogens (tertiary/aromatic N) is 1. The van der Waals surface area contributed by atoms with Gasteiger partial charge in [-0.25, -0.2) is 12.7 Å². The SMILES string of the molecule is CCCNCc1ccc(S(=O)(=O)N(C)C)cc1. The Labute approximate surface area is 104 Å². The lowest BCUT2D eigenvalue weighted by Gasteiger charge is -2.11. The molecule has 0 spiro atoms. The van der Waals surface area contributed by atoms with Crippen LogP contribution in [0.3, 0.4) is 0 Å². The van der Waals surface area contributed by atoms with Gasteiger partial charge in [-0.3, -0.25) is 0 Å². The molecule has 4 nitrogen and oxygen atoms in total. The van der Waals surface area contributed by atoms with E-state index in [0.717, 1.165) is 25.1 Å². The lowest BCUT2D eigenvalue weighted by atomic mass is 10.2. The Morgan fingerprint density at radius 1 is 1.18 bits per heavy atom. The molecule has 0 unspecified atom stereocenters. The van der Waals surface area contributed by atoms with Crippen LogP contribution in [0.4, 0.5) is 0 Å². The Balaban J connectivity index is 2.75. The summed E-state index contributed by atoms with van der Waals surface area (Å²) in [5.41, 5.74) is 1.09. The third-order valence-electron chi connectivity index (χ3n) is 2.46. The molecule has 1 N–H and O–H groups in total. The molecule has 0 aromatic heterocycles. The van der Waals surface area contributed by atoms with E-state index in [4.69, 9.17) is 0 Å². The van der Waals surface area contributed by atoms with Gasteiger partial charge in [0.25, 0.3) is 0 Å². The van der Waals surface area contributed by atoms with Gasteiger partial charge in [0.2, 0.25) is 10.0 Å². The van der Waals surface area contributed by atoms with Gasteiger partial charge >= 0.3 is 0 Å². The molecule has 0 saturated heterocycles. The monoisotopic (exact) mass is 256 g/mol. The van der Waals surface area contributed by atoms with E-state index in [-0.39, 0.29) is 0 Å². The summed E-state index contributed by atoms with van der Waals surface area (Å²) in [5, 5.41) is 3.27. The molecular formula is C12H20N2O2S. The van der Waals surface area contributed by atoms with Gasteiger partial charge in [0.15, 0.2) is 0 Å². The van der Waals surface area contributed by atoms with E-state index in [1.54, 1.807) is 12.1 Å². The maximum Gasteiger partial charge on any atom is 0.242 e. The fourth-order valence-electron chi connectivity index (χ4n) is 1.40. The predicted molar refractivity (Wildman–Crippen MR) is 69.3 cm³/mol. The highest BCUT2D eigenvalue weighted by Crippen LogP contribution is 2.13. The number of benzene rings is 1.